The molecule has 2 aliphatic heterocycles. The summed E-state index contributed by atoms with van der Waals surface area (Å²) in [4.78, 5) is 26.0. The highest BCUT2D eigenvalue weighted by molar-refractivity contribution is 5.40. The minimum atomic E-state index is -0.244. The van der Waals surface area contributed by atoms with Crippen LogP contribution in [-0.2, 0) is 16.1 Å². The largest absolute Gasteiger partial charge is 0.374 e. The average molecular weight is 364 g/mol. The summed E-state index contributed by atoms with van der Waals surface area (Å²) >= 11 is 0. The first-order chi connectivity index (χ1) is 13.2. The number of fused-ring (bicyclic) bond motifs is 2. The van der Waals surface area contributed by atoms with Gasteiger partial charge in [0.15, 0.2) is 0 Å². The van der Waals surface area contributed by atoms with Crippen LogP contribution in [0.3, 0.4) is 0 Å². The summed E-state index contributed by atoms with van der Waals surface area (Å²) in [5, 5.41) is 0. The standard InChI is InChI=1S/C20H20N4O3/c1-12-8-13(2-6-22-12)16-9-14(4-7-26-16)19-18-15(10-27-19)23-17-3-5-21-11-24(17)20(18)25/h2-3,5-6,8,11,14,16,19H,4,7,9-10H2,1H3. The second-order valence-corrected chi connectivity index (χ2v) is 7.19. The van der Waals surface area contributed by atoms with Gasteiger partial charge in [-0.15, -0.1) is 0 Å². The predicted molar refractivity (Wildman–Crippen MR) is 97.2 cm³/mol. The molecule has 3 atom stereocenters. The summed E-state index contributed by atoms with van der Waals surface area (Å²) in [6.07, 6.45) is 6.40. The van der Waals surface area contributed by atoms with E-state index in [4.69, 9.17) is 9.47 Å². The summed E-state index contributed by atoms with van der Waals surface area (Å²) in [6, 6.07) is 5.80. The molecule has 1 saturated heterocycles. The molecule has 0 aromatic carbocycles. The Bertz CT molecular complexity index is 1060. The zero-order chi connectivity index (χ0) is 18.4. The van der Waals surface area contributed by atoms with E-state index in [9.17, 15) is 4.79 Å². The molecular formula is C20H20N4O3. The number of hydrogen-bond acceptors (Lipinski definition) is 6. The van der Waals surface area contributed by atoms with E-state index < -0.39 is 0 Å². The quantitative estimate of drug-likeness (QED) is 0.695. The third kappa shape index (κ3) is 2.83. The third-order valence-electron chi connectivity index (χ3n) is 5.48. The van der Waals surface area contributed by atoms with Gasteiger partial charge < -0.3 is 9.47 Å². The van der Waals surface area contributed by atoms with Crippen molar-refractivity contribution < 1.29 is 9.47 Å². The maximum absolute atomic E-state index is 13.0. The fourth-order valence-electron chi connectivity index (χ4n) is 4.17. The second kappa shape index (κ2) is 6.51. The number of ether oxygens (including phenoxy) is 2. The molecule has 7 nitrogen and oxygen atoms in total. The first-order valence-electron chi connectivity index (χ1n) is 9.21. The minimum Gasteiger partial charge on any atom is -0.374 e. The molecule has 0 amide bonds. The van der Waals surface area contributed by atoms with Crippen LogP contribution in [0.1, 0.15) is 47.6 Å². The maximum Gasteiger partial charge on any atom is 0.265 e. The highest BCUT2D eigenvalue weighted by atomic mass is 16.5. The van der Waals surface area contributed by atoms with Gasteiger partial charge >= 0.3 is 0 Å². The summed E-state index contributed by atoms with van der Waals surface area (Å²) in [7, 11) is 0. The molecule has 0 aliphatic carbocycles. The highest BCUT2D eigenvalue weighted by Gasteiger charge is 2.38. The fourth-order valence-corrected chi connectivity index (χ4v) is 4.17. The fraction of sp³-hybridized carbons (Fsp3) is 0.400. The molecule has 3 aromatic heterocycles. The number of aromatic nitrogens is 4. The second-order valence-electron chi connectivity index (χ2n) is 7.19. The number of nitrogens with zero attached hydrogens (tertiary/aromatic N) is 4. The van der Waals surface area contributed by atoms with Crippen LogP contribution in [-0.4, -0.2) is 26.0 Å². The minimum absolute atomic E-state index is 0.00376. The van der Waals surface area contributed by atoms with E-state index in [1.54, 1.807) is 12.3 Å². The lowest BCUT2D eigenvalue weighted by Crippen LogP contribution is -2.29. The van der Waals surface area contributed by atoms with Crippen molar-refractivity contribution in [2.45, 2.75) is 38.6 Å². The molecule has 0 radical (unpaired) electrons. The van der Waals surface area contributed by atoms with Crippen molar-refractivity contribution in [1.82, 2.24) is 19.4 Å². The number of rotatable bonds is 2. The zero-order valence-electron chi connectivity index (χ0n) is 15.0. The first kappa shape index (κ1) is 16.5. The van der Waals surface area contributed by atoms with Crippen LogP contribution >= 0.6 is 0 Å². The van der Waals surface area contributed by atoms with E-state index in [-0.39, 0.29) is 23.7 Å². The van der Waals surface area contributed by atoms with E-state index in [0.29, 0.717) is 24.4 Å². The van der Waals surface area contributed by atoms with E-state index >= 15 is 0 Å². The van der Waals surface area contributed by atoms with Crippen LogP contribution in [0.15, 0.2) is 41.7 Å². The van der Waals surface area contributed by atoms with Crippen molar-refractivity contribution in [1.29, 1.82) is 0 Å². The molecule has 27 heavy (non-hydrogen) atoms. The lowest BCUT2D eigenvalue weighted by atomic mass is 9.85. The van der Waals surface area contributed by atoms with Gasteiger partial charge in [0.1, 0.15) is 12.0 Å². The summed E-state index contributed by atoms with van der Waals surface area (Å²) in [5.74, 6) is 0.211. The SMILES string of the molecule is Cc1cc(C2CC(C3OCc4nc5ccncn5c(=O)c43)CCO2)ccn1. The lowest BCUT2D eigenvalue weighted by Gasteiger charge is -2.33. The maximum atomic E-state index is 13.0. The molecule has 0 N–H and O–H groups in total. The van der Waals surface area contributed by atoms with Crippen LogP contribution in [0.5, 0.6) is 0 Å². The lowest BCUT2D eigenvalue weighted by molar-refractivity contribution is -0.0648. The molecule has 0 bridgehead atoms. The van der Waals surface area contributed by atoms with Crippen molar-refractivity contribution in [3.8, 4) is 0 Å². The third-order valence-corrected chi connectivity index (χ3v) is 5.48. The Morgan fingerprint density at radius 1 is 1.22 bits per heavy atom. The van der Waals surface area contributed by atoms with E-state index in [0.717, 1.165) is 29.8 Å². The Kier molecular flexibility index (Phi) is 3.98. The van der Waals surface area contributed by atoms with Crippen LogP contribution in [0.2, 0.25) is 0 Å². The van der Waals surface area contributed by atoms with E-state index in [2.05, 4.69) is 21.0 Å². The molecule has 1 fully saturated rings. The topological polar surface area (TPSA) is 78.6 Å². The van der Waals surface area contributed by atoms with Gasteiger partial charge in [-0.2, -0.15) is 0 Å². The van der Waals surface area contributed by atoms with Gasteiger partial charge in [0.25, 0.3) is 5.56 Å². The molecule has 0 saturated carbocycles. The van der Waals surface area contributed by atoms with Gasteiger partial charge in [-0.3, -0.25) is 14.2 Å². The molecule has 3 unspecified atom stereocenters. The Morgan fingerprint density at radius 2 is 2.15 bits per heavy atom. The van der Waals surface area contributed by atoms with Gasteiger partial charge in [-0.1, -0.05) is 0 Å². The molecule has 5 heterocycles. The summed E-state index contributed by atoms with van der Waals surface area (Å²) in [5.41, 5.74) is 4.06. The normalized spacial score (nSPS) is 24.9. The van der Waals surface area contributed by atoms with Gasteiger partial charge in [-0.25, -0.2) is 9.97 Å². The van der Waals surface area contributed by atoms with Crippen molar-refractivity contribution in [3.63, 3.8) is 0 Å². The Balaban J connectivity index is 1.48. The van der Waals surface area contributed by atoms with Crippen LogP contribution < -0.4 is 5.56 Å². The molecule has 3 aromatic rings. The molecule has 5 rings (SSSR count). The number of pyridine rings is 1. The van der Waals surface area contributed by atoms with Gasteiger partial charge in [0, 0.05) is 24.7 Å². The summed E-state index contributed by atoms with van der Waals surface area (Å²) in [6.45, 7) is 3.01. The average Bonchev–Trinajstić information content (AvgIpc) is 3.12. The van der Waals surface area contributed by atoms with Gasteiger partial charge in [-0.05, 0) is 49.4 Å². The van der Waals surface area contributed by atoms with Crippen molar-refractivity contribution >= 4 is 5.65 Å². The van der Waals surface area contributed by atoms with E-state index in [1.165, 1.54) is 10.7 Å². The van der Waals surface area contributed by atoms with Crippen LogP contribution in [0, 0.1) is 12.8 Å². The summed E-state index contributed by atoms with van der Waals surface area (Å²) < 4.78 is 13.6. The van der Waals surface area contributed by atoms with Crippen molar-refractivity contribution in [3.05, 3.63) is 69.8 Å². The Labute approximate surface area is 156 Å². The first-order valence-corrected chi connectivity index (χ1v) is 9.21. The number of hydrogen-bond donors (Lipinski definition) is 0. The van der Waals surface area contributed by atoms with Crippen LogP contribution in [0.4, 0.5) is 0 Å². The van der Waals surface area contributed by atoms with Gasteiger partial charge in [0.2, 0.25) is 0 Å². The molecule has 2 aliphatic rings. The highest BCUT2D eigenvalue weighted by Crippen LogP contribution is 2.42. The molecular weight excluding hydrogens is 344 g/mol. The van der Waals surface area contributed by atoms with Crippen molar-refractivity contribution in [2.75, 3.05) is 6.61 Å². The van der Waals surface area contributed by atoms with Gasteiger partial charge in [0.05, 0.1) is 30.1 Å². The Morgan fingerprint density at radius 3 is 3.04 bits per heavy atom. The van der Waals surface area contributed by atoms with E-state index in [1.807, 2.05) is 19.2 Å². The monoisotopic (exact) mass is 364 g/mol. The molecule has 7 heteroatoms. The van der Waals surface area contributed by atoms with Crippen molar-refractivity contribution in [2.24, 2.45) is 5.92 Å². The Hall–Kier alpha value is -2.64. The number of aryl methyl sites for hydroxylation is 1. The smallest absolute Gasteiger partial charge is 0.265 e. The molecule has 0 spiro atoms. The van der Waals surface area contributed by atoms with Crippen LogP contribution in [0.25, 0.3) is 5.65 Å². The molecule has 138 valence electrons. The zero-order valence-corrected chi connectivity index (χ0v) is 15.0. The predicted octanol–water partition coefficient (Wildman–Crippen LogP) is 2.53.